The molecule has 1 aromatic carbocycles. The second kappa shape index (κ2) is 10.1. The normalized spacial score (nSPS) is 28.5. The molecule has 1 aromatic rings. The van der Waals surface area contributed by atoms with E-state index < -0.39 is 0 Å². The van der Waals surface area contributed by atoms with E-state index in [2.05, 4.69) is 16.5 Å². The predicted octanol–water partition coefficient (Wildman–Crippen LogP) is 2.54. The Bertz CT molecular complexity index is 882. The van der Waals surface area contributed by atoms with Gasteiger partial charge in [0.25, 0.3) is 0 Å². The van der Waals surface area contributed by atoms with Gasteiger partial charge in [-0.25, -0.2) is 0 Å². The molecule has 164 valence electrons. The van der Waals surface area contributed by atoms with Crippen molar-refractivity contribution in [1.82, 2.24) is 10.2 Å². The van der Waals surface area contributed by atoms with E-state index in [9.17, 15) is 9.59 Å². The summed E-state index contributed by atoms with van der Waals surface area (Å²) >= 11 is 1.26. The van der Waals surface area contributed by atoms with Gasteiger partial charge in [0, 0.05) is 12.5 Å². The van der Waals surface area contributed by atoms with E-state index in [1.54, 1.807) is 28.9 Å². The Balaban J connectivity index is 1.32. The largest absolute Gasteiger partial charge is 0.334 e. The van der Waals surface area contributed by atoms with Crippen molar-refractivity contribution < 1.29 is 28.9 Å². The fraction of sp³-hybridized carbons (Fsp3) is 0.500. The quantitative estimate of drug-likeness (QED) is 0.222. The number of nitrogens with zero attached hydrogens (tertiary/aromatic N) is 2. The maximum absolute atomic E-state index is 13.2. The van der Waals surface area contributed by atoms with Crippen molar-refractivity contribution in [1.29, 1.82) is 0 Å². The molecule has 2 saturated carbocycles. The van der Waals surface area contributed by atoms with Gasteiger partial charge >= 0.3 is 105 Å². The van der Waals surface area contributed by atoms with Gasteiger partial charge in [-0.1, -0.05) is 25.7 Å². The van der Waals surface area contributed by atoms with Crippen LogP contribution in [0.5, 0.6) is 0 Å². The molecular formula is C24H29N4O2W-. The molecule has 5 unspecified atom stereocenters. The van der Waals surface area contributed by atoms with Crippen molar-refractivity contribution in [3.63, 3.8) is 0 Å². The van der Waals surface area contributed by atoms with Gasteiger partial charge in [-0.15, -0.1) is 0 Å². The molecule has 3 fully saturated rings. The van der Waals surface area contributed by atoms with Crippen LogP contribution in [-0.2, 0) is 24.1 Å². The molecule has 0 bridgehead atoms. The molecule has 3 N–H and O–H groups in total. The van der Waals surface area contributed by atoms with Gasteiger partial charge in [0.05, 0.1) is 6.04 Å². The standard InChI is InChI=1S/C24H29N4O2.W/c1-26-13-4-14-27-23(29)18-11-9-17(10-12-18)22(25)21-15-28(21)24(30)20-8-3-6-16-5-2-7-19(16)20;/h1,4,9-13,16,19-22H,2-3,5-8,15,25H2,(H,27,29);/q-1;. The molecule has 2 aliphatic carbocycles. The van der Waals surface area contributed by atoms with Crippen molar-refractivity contribution in [2.75, 3.05) is 6.54 Å². The van der Waals surface area contributed by atoms with Crippen molar-refractivity contribution in [2.45, 2.75) is 50.6 Å². The topological polar surface area (TPSA) is 87.6 Å². The van der Waals surface area contributed by atoms with E-state index in [0.717, 1.165) is 24.4 Å². The number of hydrogen-bond donors (Lipinski definition) is 2. The van der Waals surface area contributed by atoms with Crippen molar-refractivity contribution in [3.8, 4) is 0 Å². The molecular weight excluding hydrogens is 560 g/mol. The maximum atomic E-state index is 13.2. The maximum Gasteiger partial charge on any atom is 0.226 e. The molecule has 0 spiro atoms. The van der Waals surface area contributed by atoms with Crippen LogP contribution in [0.3, 0.4) is 0 Å². The molecule has 31 heavy (non-hydrogen) atoms. The summed E-state index contributed by atoms with van der Waals surface area (Å²) in [6.07, 6.45) is 13.1. The summed E-state index contributed by atoms with van der Waals surface area (Å²) in [5.74, 6) is 1.65. The molecule has 1 aliphatic heterocycles. The van der Waals surface area contributed by atoms with E-state index in [1.165, 1.54) is 51.5 Å². The van der Waals surface area contributed by atoms with Crippen molar-refractivity contribution >= 4 is 22.6 Å². The van der Waals surface area contributed by atoms with E-state index in [-0.39, 0.29) is 23.9 Å². The van der Waals surface area contributed by atoms with Gasteiger partial charge in [0.1, 0.15) is 0 Å². The molecule has 5 atom stereocenters. The zero-order valence-corrected chi connectivity index (χ0v) is 20.5. The van der Waals surface area contributed by atoms with Crippen LogP contribution < -0.4 is 11.1 Å². The number of amides is 2. The van der Waals surface area contributed by atoms with E-state index in [4.69, 9.17) is 5.73 Å². The van der Waals surface area contributed by atoms with Crippen LogP contribution in [0.15, 0.2) is 35.3 Å². The number of benzene rings is 1. The van der Waals surface area contributed by atoms with E-state index in [1.807, 2.05) is 17.0 Å². The van der Waals surface area contributed by atoms with Gasteiger partial charge in [-0.05, 0) is 24.7 Å². The van der Waals surface area contributed by atoms with Crippen LogP contribution in [-0.4, -0.2) is 40.0 Å². The number of carbonyl (C=O) groups is 2. The second-order valence-corrected chi connectivity index (χ2v) is 9.52. The number of fused-ring (bicyclic) bond motifs is 1. The fourth-order valence-corrected chi connectivity index (χ4v) is 5.63. The molecule has 3 aliphatic rings. The Morgan fingerprint density at radius 3 is 2.68 bits per heavy atom. The van der Waals surface area contributed by atoms with Crippen LogP contribution in [0.25, 0.3) is 0 Å². The van der Waals surface area contributed by atoms with Crippen LogP contribution in [0, 0.1) is 24.0 Å². The number of nitrogens with two attached hydrogens (primary N) is 1. The number of aliphatic imine (C=N–C) groups is 1. The molecule has 6 nitrogen and oxygen atoms in total. The minimum absolute atomic E-state index is 0.0710. The Hall–Kier alpha value is -1.91. The first kappa shape index (κ1) is 22.3. The first-order valence-corrected chi connectivity index (χ1v) is 12.8. The predicted molar refractivity (Wildman–Crippen MR) is 117 cm³/mol. The number of hydrogen-bond acceptors (Lipinski definition) is 4. The van der Waals surface area contributed by atoms with Gasteiger partial charge < -0.3 is 10.6 Å². The number of nitrogens with one attached hydrogen (secondary N) is 1. The third-order valence-corrected chi connectivity index (χ3v) is 7.48. The molecule has 1 saturated heterocycles. The smallest absolute Gasteiger partial charge is 0.226 e. The molecule has 7 heteroatoms. The van der Waals surface area contributed by atoms with Gasteiger partial charge in [0.15, 0.2) is 0 Å². The Morgan fingerprint density at radius 1 is 1.19 bits per heavy atom. The summed E-state index contributed by atoms with van der Waals surface area (Å²) in [5.41, 5.74) is 7.98. The van der Waals surface area contributed by atoms with Gasteiger partial charge in [-0.3, -0.25) is 4.79 Å². The average molecular weight is 589 g/mol. The average Bonchev–Trinajstić information content (AvgIpc) is 3.45. The minimum Gasteiger partial charge on any atom is -0.334 e. The number of allylic oxidation sites excluding steroid dienone is 1. The second-order valence-electron chi connectivity index (χ2n) is 8.77. The summed E-state index contributed by atoms with van der Waals surface area (Å²) in [6.45, 7) is 0.744. The Morgan fingerprint density at radius 2 is 1.94 bits per heavy atom. The summed E-state index contributed by atoms with van der Waals surface area (Å²) in [4.78, 5) is 31.3. The van der Waals surface area contributed by atoms with Gasteiger partial charge in [0.2, 0.25) is 5.91 Å². The minimum atomic E-state index is -0.234. The molecule has 2 amide bonds. The monoisotopic (exact) mass is 589 g/mol. The third kappa shape index (κ3) is 5.12. The zero-order valence-electron chi connectivity index (χ0n) is 17.6. The molecule has 4 rings (SSSR count). The summed E-state index contributed by atoms with van der Waals surface area (Å²) in [6, 6.07) is 7.15. The van der Waals surface area contributed by atoms with Crippen molar-refractivity contribution in [3.05, 3.63) is 47.7 Å². The van der Waals surface area contributed by atoms with Crippen LogP contribution in [0.4, 0.5) is 0 Å². The third-order valence-electron chi connectivity index (χ3n) is 7.04. The zero-order chi connectivity index (χ0) is 21.8. The van der Waals surface area contributed by atoms with Crippen LogP contribution in [0.1, 0.15) is 60.5 Å². The SMILES string of the molecule is NC(c1ccc(C(=O)N[C-]=CC=N[CH]=[W])cc1)C1CN1C(=O)C1CCCC2CCCC21. The molecule has 0 aromatic heterocycles. The first-order chi connectivity index (χ1) is 15.1. The Labute approximate surface area is 194 Å². The Kier molecular flexibility index (Phi) is 7.29. The molecule has 1 heterocycles. The number of carbonyl (C=O) groups excluding carboxylic acids is 2. The van der Waals surface area contributed by atoms with E-state index in [0.29, 0.717) is 17.4 Å². The van der Waals surface area contributed by atoms with Crippen LogP contribution >= 0.6 is 0 Å². The fourth-order valence-electron chi connectivity index (χ4n) is 5.38. The molecule has 0 radical (unpaired) electrons. The summed E-state index contributed by atoms with van der Waals surface area (Å²) < 4.78 is 1.73. The van der Waals surface area contributed by atoms with E-state index >= 15 is 0 Å². The summed E-state index contributed by atoms with van der Waals surface area (Å²) in [7, 11) is 0. The first-order valence-electron chi connectivity index (χ1n) is 11.1. The van der Waals surface area contributed by atoms with Gasteiger partial charge in [-0.2, -0.15) is 0 Å². The number of rotatable bonds is 7. The van der Waals surface area contributed by atoms with Crippen LogP contribution in [0.2, 0.25) is 0 Å². The summed E-state index contributed by atoms with van der Waals surface area (Å²) in [5, 5.41) is 2.59. The van der Waals surface area contributed by atoms with Crippen molar-refractivity contribution in [2.24, 2.45) is 28.5 Å².